The first kappa shape index (κ1) is 10.6. The van der Waals surface area contributed by atoms with Gasteiger partial charge >= 0.3 is 0 Å². The zero-order valence-corrected chi connectivity index (χ0v) is 9.26. The zero-order valence-electron chi connectivity index (χ0n) is 8.45. The van der Waals surface area contributed by atoms with Gasteiger partial charge in [-0.15, -0.1) is 0 Å². The number of carbonyl (C=O) groups is 1. The number of nitrogens with one attached hydrogen (secondary N) is 1. The summed E-state index contributed by atoms with van der Waals surface area (Å²) in [7, 11) is 0. The van der Waals surface area contributed by atoms with Crippen molar-refractivity contribution in [2.45, 2.75) is 36.9 Å². The smallest absolute Gasteiger partial charge is 0.217 e. The van der Waals surface area contributed by atoms with E-state index < -0.39 is 5.60 Å². The highest BCUT2D eigenvalue weighted by atomic mass is 32.2. The number of furan rings is 1. The molecule has 0 fully saturated rings. The van der Waals surface area contributed by atoms with Crippen LogP contribution in [0.5, 0.6) is 0 Å². The number of rotatable bonds is 3. The van der Waals surface area contributed by atoms with Crippen molar-refractivity contribution < 1.29 is 14.3 Å². The Kier molecular flexibility index (Phi) is 2.75. The molecule has 1 heterocycles. The lowest BCUT2D eigenvalue weighted by atomic mass is 9.85. The summed E-state index contributed by atoms with van der Waals surface area (Å²) in [5.74, 6) is 0.835. The van der Waals surface area contributed by atoms with Crippen LogP contribution in [0, 0.1) is 0 Å². The zero-order chi connectivity index (χ0) is 10.9. The van der Waals surface area contributed by atoms with Crippen LogP contribution in [0.25, 0.3) is 0 Å². The van der Waals surface area contributed by atoms with Crippen molar-refractivity contribution >= 4 is 18.4 Å². The topological polar surface area (TPSA) is 62.5 Å². The second kappa shape index (κ2) is 3.90. The van der Waals surface area contributed by atoms with Gasteiger partial charge in [0, 0.05) is 23.9 Å². The summed E-state index contributed by atoms with van der Waals surface area (Å²) in [6.07, 6.45) is 3.14. The molecular weight excluding hydrogens is 214 g/mol. The normalized spacial score (nSPS) is 24.7. The van der Waals surface area contributed by atoms with Gasteiger partial charge in [-0.25, -0.2) is 0 Å². The van der Waals surface area contributed by atoms with Gasteiger partial charge < -0.3 is 9.52 Å². The van der Waals surface area contributed by atoms with Crippen molar-refractivity contribution in [2.75, 3.05) is 0 Å². The minimum atomic E-state index is -0.795. The predicted molar refractivity (Wildman–Crippen MR) is 56.3 cm³/mol. The molecule has 0 aliphatic heterocycles. The van der Waals surface area contributed by atoms with Crippen LogP contribution in [-0.2, 0) is 16.8 Å². The predicted octanol–water partition coefficient (Wildman–Crippen LogP) is 1.58. The summed E-state index contributed by atoms with van der Waals surface area (Å²) in [6, 6.07) is 1.80. The summed E-state index contributed by atoms with van der Waals surface area (Å²) in [4.78, 5) is 10.1. The average molecular weight is 227 g/mol. The van der Waals surface area contributed by atoms with Crippen molar-refractivity contribution in [2.24, 2.45) is 0 Å². The first-order valence-electron chi connectivity index (χ1n) is 4.85. The van der Waals surface area contributed by atoms with Crippen LogP contribution >= 0.6 is 11.9 Å². The summed E-state index contributed by atoms with van der Waals surface area (Å²) in [6.45, 7) is 1.79. The van der Waals surface area contributed by atoms with Gasteiger partial charge in [0.25, 0.3) is 0 Å². The van der Waals surface area contributed by atoms with Gasteiger partial charge in [-0.05, 0) is 25.8 Å². The number of hydrogen-bond acceptors (Lipinski definition) is 4. The van der Waals surface area contributed by atoms with E-state index in [4.69, 9.17) is 4.42 Å². The first-order chi connectivity index (χ1) is 7.13. The Balaban J connectivity index is 2.25. The Morgan fingerprint density at radius 2 is 2.53 bits per heavy atom. The number of fused-ring (bicyclic) bond motifs is 1. The Bertz CT molecular complexity index is 373. The van der Waals surface area contributed by atoms with Gasteiger partial charge in [0.2, 0.25) is 6.41 Å². The SMILES string of the molecule is CC1(O)CCCc2oc(SNC=O)cc21. The highest BCUT2D eigenvalue weighted by Gasteiger charge is 2.32. The van der Waals surface area contributed by atoms with Crippen molar-refractivity contribution in [3.8, 4) is 0 Å². The van der Waals surface area contributed by atoms with Gasteiger partial charge in [-0.2, -0.15) is 0 Å². The molecular formula is C10H13NO3S. The van der Waals surface area contributed by atoms with Crippen LogP contribution in [0.15, 0.2) is 15.6 Å². The largest absolute Gasteiger partial charge is 0.453 e. The standard InChI is InChI=1S/C10H13NO3S/c1-10(13)4-2-3-8-7(10)5-9(14-8)15-11-6-12/h5-6,13H,2-4H2,1H3,(H,11,12). The van der Waals surface area contributed by atoms with Gasteiger partial charge in [-0.1, -0.05) is 0 Å². The minimum Gasteiger partial charge on any atom is -0.453 e. The molecule has 5 heteroatoms. The van der Waals surface area contributed by atoms with Crippen molar-refractivity contribution in [3.05, 3.63) is 17.4 Å². The van der Waals surface area contributed by atoms with E-state index >= 15 is 0 Å². The van der Waals surface area contributed by atoms with Gasteiger partial charge in [0.15, 0.2) is 5.09 Å². The Morgan fingerprint density at radius 1 is 1.73 bits per heavy atom. The summed E-state index contributed by atoms with van der Waals surface area (Å²) >= 11 is 1.12. The molecule has 1 unspecified atom stereocenters. The highest BCUT2D eigenvalue weighted by Crippen LogP contribution is 2.38. The molecule has 0 bridgehead atoms. The van der Waals surface area contributed by atoms with Crippen LogP contribution in [-0.4, -0.2) is 11.5 Å². The maximum Gasteiger partial charge on any atom is 0.217 e. The molecule has 15 heavy (non-hydrogen) atoms. The molecule has 1 atom stereocenters. The molecule has 0 spiro atoms. The number of aliphatic hydroxyl groups is 1. The third-order valence-corrected chi connectivity index (χ3v) is 3.26. The molecule has 2 rings (SSSR count). The van der Waals surface area contributed by atoms with Crippen molar-refractivity contribution in [1.29, 1.82) is 0 Å². The van der Waals surface area contributed by atoms with E-state index in [1.165, 1.54) is 0 Å². The van der Waals surface area contributed by atoms with Crippen LogP contribution in [0.3, 0.4) is 0 Å². The molecule has 82 valence electrons. The first-order valence-corrected chi connectivity index (χ1v) is 5.67. The number of carbonyl (C=O) groups excluding carboxylic acids is 1. The lowest BCUT2D eigenvalue weighted by molar-refractivity contribution is -0.107. The molecule has 2 N–H and O–H groups in total. The van der Waals surface area contributed by atoms with E-state index in [2.05, 4.69) is 4.72 Å². The van der Waals surface area contributed by atoms with Gasteiger partial charge in [-0.3, -0.25) is 9.52 Å². The fraction of sp³-hybridized carbons (Fsp3) is 0.500. The fourth-order valence-corrected chi connectivity index (χ4v) is 2.39. The maximum atomic E-state index is 10.1. The molecule has 1 aliphatic rings. The number of hydrogen-bond donors (Lipinski definition) is 2. The van der Waals surface area contributed by atoms with Crippen molar-refractivity contribution in [3.63, 3.8) is 0 Å². The van der Waals surface area contributed by atoms with E-state index in [1.54, 1.807) is 13.0 Å². The molecule has 1 aromatic heterocycles. The van der Waals surface area contributed by atoms with E-state index in [9.17, 15) is 9.90 Å². The summed E-state index contributed by atoms with van der Waals surface area (Å²) in [5, 5.41) is 10.7. The molecule has 1 amide bonds. The molecule has 0 saturated heterocycles. The molecule has 1 aromatic rings. The monoisotopic (exact) mass is 227 g/mol. The second-order valence-corrected chi connectivity index (χ2v) is 4.71. The molecule has 1 aliphatic carbocycles. The van der Waals surface area contributed by atoms with Gasteiger partial charge in [0.1, 0.15) is 5.76 Å². The second-order valence-electron chi connectivity index (χ2n) is 3.87. The Hall–Kier alpha value is -0.940. The minimum absolute atomic E-state index is 0.602. The lowest BCUT2D eigenvalue weighted by Crippen LogP contribution is -2.25. The lowest BCUT2D eigenvalue weighted by Gasteiger charge is -2.26. The van der Waals surface area contributed by atoms with E-state index in [0.29, 0.717) is 11.5 Å². The van der Waals surface area contributed by atoms with E-state index in [1.807, 2.05) is 0 Å². The number of aryl methyl sites for hydroxylation is 1. The van der Waals surface area contributed by atoms with Crippen LogP contribution < -0.4 is 4.72 Å². The molecule has 0 radical (unpaired) electrons. The van der Waals surface area contributed by atoms with E-state index in [0.717, 1.165) is 42.5 Å². The van der Waals surface area contributed by atoms with Crippen LogP contribution in [0.4, 0.5) is 0 Å². The van der Waals surface area contributed by atoms with Crippen molar-refractivity contribution in [1.82, 2.24) is 4.72 Å². The molecule has 4 nitrogen and oxygen atoms in total. The molecule has 0 saturated carbocycles. The maximum absolute atomic E-state index is 10.1. The average Bonchev–Trinajstić information content (AvgIpc) is 2.59. The number of amides is 1. The Morgan fingerprint density at radius 3 is 3.20 bits per heavy atom. The highest BCUT2D eigenvalue weighted by molar-refractivity contribution is 7.97. The Labute approximate surface area is 92.2 Å². The fourth-order valence-electron chi connectivity index (χ4n) is 1.91. The van der Waals surface area contributed by atoms with Crippen LogP contribution in [0.2, 0.25) is 0 Å². The summed E-state index contributed by atoms with van der Waals surface area (Å²) < 4.78 is 7.99. The van der Waals surface area contributed by atoms with E-state index in [-0.39, 0.29) is 0 Å². The molecule has 0 aromatic carbocycles. The summed E-state index contributed by atoms with van der Waals surface area (Å²) in [5.41, 5.74) is 0.0563. The van der Waals surface area contributed by atoms with Gasteiger partial charge in [0.05, 0.1) is 5.60 Å². The van der Waals surface area contributed by atoms with Crippen LogP contribution in [0.1, 0.15) is 31.1 Å². The third kappa shape index (κ3) is 2.03. The quantitative estimate of drug-likeness (QED) is 0.608. The third-order valence-electron chi connectivity index (χ3n) is 2.64.